The van der Waals surface area contributed by atoms with Crippen LogP contribution in [0.2, 0.25) is 0 Å². The van der Waals surface area contributed by atoms with Crippen molar-refractivity contribution in [3.63, 3.8) is 0 Å². The molecule has 0 spiro atoms. The zero-order valence-corrected chi connectivity index (χ0v) is 32.6. The smallest absolute Gasteiger partial charge is 0.258 e. The Hall–Kier alpha value is -5.04. The average molecular weight is 695 g/mol. The first-order valence-electron chi connectivity index (χ1n) is 18.2. The van der Waals surface area contributed by atoms with Gasteiger partial charge in [0.15, 0.2) is 0 Å². The molecule has 7 nitrogen and oxygen atoms in total. The number of aromatic nitrogens is 4. The van der Waals surface area contributed by atoms with E-state index in [-0.39, 0.29) is 32.8 Å². The maximum atomic E-state index is 14.0. The minimum Gasteiger partial charge on any atom is -0.457 e. The molecule has 0 fully saturated rings. The number of benzene rings is 2. The Morgan fingerprint density at radius 1 is 0.500 bits per heavy atom. The van der Waals surface area contributed by atoms with Gasteiger partial charge in [0.1, 0.15) is 22.8 Å². The summed E-state index contributed by atoms with van der Waals surface area (Å²) >= 11 is 0. The lowest BCUT2D eigenvalue weighted by Crippen LogP contribution is -2.36. The van der Waals surface area contributed by atoms with Crippen LogP contribution in [0.25, 0.3) is 11.3 Å². The molecule has 0 radical (unpaired) electrons. The zero-order valence-electron chi connectivity index (χ0n) is 32.6. The molecule has 6 aromatic rings. The highest BCUT2D eigenvalue weighted by molar-refractivity contribution is 5.71. The van der Waals surface area contributed by atoms with Crippen LogP contribution in [0.1, 0.15) is 128 Å². The van der Waals surface area contributed by atoms with E-state index in [9.17, 15) is 9.59 Å². The van der Waals surface area contributed by atoms with Crippen LogP contribution in [0.15, 0.2) is 94.8 Å². The molecule has 0 aliphatic carbocycles. The first-order valence-corrected chi connectivity index (χ1v) is 18.2. The van der Waals surface area contributed by atoms with Crippen LogP contribution >= 0.6 is 0 Å². The Balaban J connectivity index is 1.67. The van der Waals surface area contributed by atoms with Gasteiger partial charge in [-0.05, 0) is 69.5 Å². The molecule has 1 aliphatic rings. The molecule has 7 heteroatoms. The van der Waals surface area contributed by atoms with E-state index in [1.165, 1.54) is 0 Å². The van der Waals surface area contributed by atoms with E-state index in [1.54, 1.807) is 20.9 Å². The first kappa shape index (κ1) is 35.4. The average Bonchev–Trinajstić information content (AvgIpc) is 3.05. The van der Waals surface area contributed by atoms with E-state index >= 15 is 0 Å². The van der Waals surface area contributed by atoms with Crippen LogP contribution in [-0.4, -0.2) is 18.8 Å². The molecule has 268 valence electrons. The van der Waals surface area contributed by atoms with Gasteiger partial charge >= 0.3 is 0 Å². The van der Waals surface area contributed by atoms with Crippen molar-refractivity contribution in [2.45, 2.75) is 110 Å². The van der Waals surface area contributed by atoms with Gasteiger partial charge in [0, 0.05) is 46.5 Å². The van der Waals surface area contributed by atoms with Crippen molar-refractivity contribution in [2.24, 2.45) is 0 Å². The predicted octanol–water partition coefficient (Wildman–Crippen LogP) is 9.38. The Morgan fingerprint density at radius 2 is 0.885 bits per heavy atom. The second-order valence-corrected chi connectivity index (χ2v) is 18.5. The Bertz CT molecular complexity index is 2350. The molecule has 0 bridgehead atoms. The second kappa shape index (κ2) is 11.5. The molecule has 0 atom stereocenters. The van der Waals surface area contributed by atoms with Gasteiger partial charge in [0.2, 0.25) is 0 Å². The summed E-state index contributed by atoms with van der Waals surface area (Å²) in [5.74, 6) is 1.43. The van der Waals surface area contributed by atoms with Gasteiger partial charge in [-0.2, -0.15) is 0 Å². The van der Waals surface area contributed by atoms with Crippen molar-refractivity contribution in [2.75, 3.05) is 0 Å². The summed E-state index contributed by atoms with van der Waals surface area (Å²) in [6.07, 6.45) is 3.86. The molecular weight excluding hydrogens is 645 g/mol. The maximum Gasteiger partial charge on any atom is 0.258 e. The number of rotatable bonds is 2. The molecule has 7 rings (SSSR count). The lowest BCUT2D eigenvalue weighted by Gasteiger charge is -2.42. The molecule has 4 aromatic heterocycles. The van der Waals surface area contributed by atoms with Gasteiger partial charge < -0.3 is 4.74 Å². The van der Waals surface area contributed by atoms with E-state index < -0.39 is 5.41 Å². The van der Waals surface area contributed by atoms with Crippen LogP contribution in [0.4, 0.5) is 0 Å². The van der Waals surface area contributed by atoms with E-state index in [2.05, 4.69) is 132 Å². The molecule has 0 unspecified atom stereocenters. The normalized spacial score (nSPS) is 14.6. The lowest BCUT2D eigenvalue weighted by molar-refractivity contribution is 0.430. The third-order valence-corrected chi connectivity index (χ3v) is 10.4. The minimum absolute atomic E-state index is 0.153. The monoisotopic (exact) mass is 694 g/mol. The number of nitrogens with zero attached hydrogens (tertiary/aromatic N) is 4. The fraction of sp³-hybridized carbons (Fsp3) is 0.378. The van der Waals surface area contributed by atoms with Gasteiger partial charge in [-0.25, -0.2) is 9.97 Å². The summed E-state index contributed by atoms with van der Waals surface area (Å²) in [6, 6.07) is 24.2. The molecule has 0 saturated carbocycles. The van der Waals surface area contributed by atoms with Crippen molar-refractivity contribution in [3.05, 3.63) is 151 Å². The summed E-state index contributed by atoms with van der Waals surface area (Å²) in [6.45, 7) is 25.6. The highest BCUT2D eigenvalue weighted by atomic mass is 16.5. The Morgan fingerprint density at radius 3 is 1.23 bits per heavy atom. The number of hydrogen-bond acceptors (Lipinski definition) is 5. The van der Waals surface area contributed by atoms with Crippen LogP contribution in [0, 0.1) is 0 Å². The quantitative estimate of drug-likeness (QED) is 0.180. The van der Waals surface area contributed by atoms with Crippen molar-refractivity contribution >= 4 is 11.3 Å². The Kier molecular flexibility index (Phi) is 7.81. The molecule has 1 aliphatic heterocycles. The highest BCUT2D eigenvalue weighted by Crippen LogP contribution is 2.56. The third-order valence-electron chi connectivity index (χ3n) is 10.4. The molecule has 52 heavy (non-hydrogen) atoms. The van der Waals surface area contributed by atoms with Gasteiger partial charge in [0.05, 0.1) is 16.8 Å². The third kappa shape index (κ3) is 5.75. The van der Waals surface area contributed by atoms with Crippen LogP contribution < -0.4 is 15.9 Å². The van der Waals surface area contributed by atoms with Gasteiger partial charge in [-0.15, -0.1) is 0 Å². The lowest BCUT2D eigenvalue weighted by atomic mass is 9.63. The van der Waals surface area contributed by atoms with E-state index in [1.807, 2.05) is 24.5 Å². The molecule has 0 amide bonds. The molecule has 5 heterocycles. The van der Waals surface area contributed by atoms with Gasteiger partial charge in [-0.3, -0.25) is 18.4 Å². The molecular formula is C45H50N4O3. The number of fused-ring (bicyclic) bond motifs is 4. The maximum absolute atomic E-state index is 14.0. The number of hydrogen-bond donors (Lipinski definition) is 0. The molecule has 2 aromatic carbocycles. The van der Waals surface area contributed by atoms with E-state index in [0.717, 1.165) is 44.8 Å². The van der Waals surface area contributed by atoms with E-state index in [0.29, 0.717) is 22.8 Å². The predicted molar refractivity (Wildman–Crippen MR) is 210 cm³/mol. The summed E-state index contributed by atoms with van der Waals surface area (Å²) < 4.78 is 10.1. The summed E-state index contributed by atoms with van der Waals surface area (Å²) in [5.41, 5.74) is 6.20. The second-order valence-electron chi connectivity index (χ2n) is 18.5. The molecule has 0 N–H and O–H groups in total. The van der Waals surface area contributed by atoms with Crippen molar-refractivity contribution in [1.29, 1.82) is 0 Å². The standard InChI is InChI=1S/C45H50N4O3/c1-41(2,3)27-13-17-33-31(21-27)45(32-22-28(42(4,5)6)14-18-34(32)52-33,29-15-19-37-46-35(43(7,8)9)23-39(50)48(37)25-29)30-16-20-38-47-36(44(10,11)12)24-40(51)49(38)26-30/h13-26H,1-12H3. The van der Waals surface area contributed by atoms with Crippen molar-refractivity contribution in [3.8, 4) is 11.5 Å². The fourth-order valence-corrected chi connectivity index (χ4v) is 7.23. The van der Waals surface area contributed by atoms with Crippen LogP contribution in [0.3, 0.4) is 0 Å². The Labute approximate surface area is 306 Å². The summed E-state index contributed by atoms with van der Waals surface area (Å²) in [4.78, 5) is 37.8. The number of pyridine rings is 2. The topological polar surface area (TPSA) is 78.0 Å². The van der Waals surface area contributed by atoms with Crippen LogP contribution in [0.5, 0.6) is 11.5 Å². The van der Waals surface area contributed by atoms with Crippen LogP contribution in [-0.2, 0) is 27.1 Å². The summed E-state index contributed by atoms with van der Waals surface area (Å²) in [5, 5.41) is 0. The molecule has 0 saturated heterocycles. The van der Waals surface area contributed by atoms with E-state index in [4.69, 9.17) is 14.7 Å². The first-order chi connectivity index (χ1) is 24.1. The zero-order chi connectivity index (χ0) is 37.8. The highest BCUT2D eigenvalue weighted by Gasteiger charge is 2.47. The minimum atomic E-state index is -1.02. The summed E-state index contributed by atoms with van der Waals surface area (Å²) in [7, 11) is 0. The van der Waals surface area contributed by atoms with Gasteiger partial charge in [0.25, 0.3) is 11.1 Å². The van der Waals surface area contributed by atoms with Crippen molar-refractivity contribution < 1.29 is 4.74 Å². The number of ether oxygens (including phenoxy) is 1. The largest absolute Gasteiger partial charge is 0.457 e. The van der Waals surface area contributed by atoms with Gasteiger partial charge in [-0.1, -0.05) is 107 Å². The fourth-order valence-electron chi connectivity index (χ4n) is 7.23. The van der Waals surface area contributed by atoms with Crippen molar-refractivity contribution in [1.82, 2.24) is 18.8 Å². The SMILES string of the molecule is CC(C)(C)c1ccc2c(c1)C(c1ccc3nc(C(C)(C)C)cc(=O)n3c1)(c1ccc3nc(C(C)(C)C)cc(=O)n3c1)c1cc(C(C)(C)C)ccc1O2.